The van der Waals surface area contributed by atoms with Gasteiger partial charge in [-0.15, -0.1) is 0 Å². The Kier molecular flexibility index (Phi) is 3.16. The van der Waals surface area contributed by atoms with E-state index in [-0.39, 0.29) is 0 Å². The van der Waals surface area contributed by atoms with Gasteiger partial charge in [0.1, 0.15) is 5.75 Å². The first-order valence-corrected chi connectivity index (χ1v) is 6.52. The molecule has 4 heteroatoms. The number of nitrogens with zero attached hydrogens (tertiary/aromatic N) is 2. The van der Waals surface area contributed by atoms with E-state index in [1.807, 2.05) is 37.5 Å². The van der Waals surface area contributed by atoms with Crippen molar-refractivity contribution in [3.8, 4) is 17.1 Å². The molecule has 2 heterocycles. The highest BCUT2D eigenvalue weighted by molar-refractivity contribution is 5.90. The van der Waals surface area contributed by atoms with Crippen molar-refractivity contribution in [2.75, 3.05) is 7.11 Å². The van der Waals surface area contributed by atoms with Crippen molar-refractivity contribution in [2.24, 2.45) is 12.8 Å². The summed E-state index contributed by atoms with van der Waals surface area (Å²) < 4.78 is 7.55. The zero-order valence-corrected chi connectivity index (χ0v) is 11.6. The van der Waals surface area contributed by atoms with Crippen LogP contribution in [0, 0.1) is 0 Å². The molecule has 0 fully saturated rings. The summed E-state index contributed by atoms with van der Waals surface area (Å²) in [6, 6.07) is 12.2. The van der Waals surface area contributed by atoms with Crippen LogP contribution < -0.4 is 10.5 Å². The fourth-order valence-corrected chi connectivity index (χ4v) is 2.49. The van der Waals surface area contributed by atoms with E-state index in [1.54, 1.807) is 7.11 Å². The zero-order valence-electron chi connectivity index (χ0n) is 11.6. The average Bonchev–Trinajstić information content (AvgIpc) is 2.85. The molecule has 0 aliphatic carbocycles. The highest BCUT2D eigenvalue weighted by Crippen LogP contribution is 2.31. The van der Waals surface area contributed by atoms with Gasteiger partial charge in [0.2, 0.25) is 0 Å². The van der Waals surface area contributed by atoms with E-state index in [1.165, 1.54) is 0 Å². The molecule has 0 radical (unpaired) electrons. The highest BCUT2D eigenvalue weighted by atomic mass is 16.5. The van der Waals surface area contributed by atoms with E-state index in [2.05, 4.69) is 21.7 Å². The lowest BCUT2D eigenvalue weighted by Gasteiger charge is -2.07. The Morgan fingerprint density at radius 2 is 2.10 bits per heavy atom. The summed E-state index contributed by atoms with van der Waals surface area (Å²) >= 11 is 0. The minimum absolute atomic E-state index is 0.510. The Morgan fingerprint density at radius 1 is 1.25 bits per heavy atom. The van der Waals surface area contributed by atoms with E-state index in [9.17, 15) is 0 Å². The molecule has 0 atom stereocenters. The number of pyridine rings is 1. The quantitative estimate of drug-likeness (QED) is 0.793. The van der Waals surface area contributed by atoms with Gasteiger partial charge in [0.25, 0.3) is 0 Å². The van der Waals surface area contributed by atoms with E-state index >= 15 is 0 Å². The zero-order chi connectivity index (χ0) is 14.1. The molecule has 0 aliphatic heterocycles. The monoisotopic (exact) mass is 267 g/mol. The van der Waals surface area contributed by atoms with Gasteiger partial charge < -0.3 is 15.0 Å². The van der Waals surface area contributed by atoms with E-state index in [0.717, 1.165) is 33.6 Å². The van der Waals surface area contributed by atoms with E-state index < -0.39 is 0 Å². The van der Waals surface area contributed by atoms with Gasteiger partial charge in [-0.3, -0.25) is 4.98 Å². The molecule has 0 aliphatic rings. The van der Waals surface area contributed by atoms with Gasteiger partial charge in [0, 0.05) is 25.2 Å². The number of ether oxygens (including phenoxy) is 1. The number of benzene rings is 1. The number of nitrogens with two attached hydrogens (primary N) is 1. The van der Waals surface area contributed by atoms with Crippen molar-refractivity contribution >= 4 is 10.9 Å². The second-order valence-corrected chi connectivity index (χ2v) is 4.74. The van der Waals surface area contributed by atoms with Gasteiger partial charge in [-0.1, -0.05) is 18.2 Å². The number of rotatable bonds is 3. The highest BCUT2D eigenvalue weighted by Gasteiger charge is 2.12. The third kappa shape index (κ3) is 1.94. The van der Waals surface area contributed by atoms with E-state index in [0.29, 0.717) is 6.54 Å². The number of hydrogen-bond donors (Lipinski definition) is 1. The Labute approximate surface area is 117 Å². The number of hydrogen-bond acceptors (Lipinski definition) is 3. The minimum Gasteiger partial charge on any atom is -0.495 e. The van der Waals surface area contributed by atoms with Crippen LogP contribution in [0.3, 0.4) is 0 Å². The van der Waals surface area contributed by atoms with Crippen molar-refractivity contribution < 1.29 is 4.74 Å². The summed E-state index contributed by atoms with van der Waals surface area (Å²) in [5, 5.41) is 1.14. The number of para-hydroxylation sites is 1. The predicted octanol–water partition coefficient (Wildman–Crippen LogP) is 2.71. The fraction of sp³-hybridized carbons (Fsp3) is 0.188. The molecular weight excluding hydrogens is 250 g/mol. The van der Waals surface area contributed by atoms with Crippen molar-refractivity contribution in [3.63, 3.8) is 0 Å². The van der Waals surface area contributed by atoms with Gasteiger partial charge in [-0.2, -0.15) is 0 Å². The van der Waals surface area contributed by atoms with Crippen molar-refractivity contribution in [1.82, 2.24) is 9.55 Å². The lowest BCUT2D eigenvalue weighted by molar-refractivity contribution is 0.418. The number of aromatic nitrogens is 2. The van der Waals surface area contributed by atoms with E-state index in [4.69, 9.17) is 10.5 Å². The van der Waals surface area contributed by atoms with Crippen LogP contribution in [0.25, 0.3) is 22.3 Å². The molecule has 3 rings (SSSR count). The number of methoxy groups -OCH3 is 1. The maximum Gasteiger partial charge on any atom is 0.143 e. The summed E-state index contributed by atoms with van der Waals surface area (Å²) in [5.74, 6) is 0.870. The van der Waals surface area contributed by atoms with Crippen LogP contribution in [0.4, 0.5) is 0 Å². The topological polar surface area (TPSA) is 53.1 Å². The largest absolute Gasteiger partial charge is 0.495 e. The van der Waals surface area contributed by atoms with Crippen molar-refractivity contribution in [2.45, 2.75) is 6.54 Å². The van der Waals surface area contributed by atoms with Crippen LogP contribution in [0.15, 0.2) is 42.6 Å². The second kappa shape index (κ2) is 4.98. The number of aryl methyl sites for hydroxylation is 1. The maximum absolute atomic E-state index is 5.61. The summed E-state index contributed by atoms with van der Waals surface area (Å²) in [4.78, 5) is 4.49. The summed E-state index contributed by atoms with van der Waals surface area (Å²) in [5.41, 5.74) is 9.71. The smallest absolute Gasteiger partial charge is 0.143 e. The number of fused-ring (bicyclic) bond motifs is 1. The predicted molar refractivity (Wildman–Crippen MR) is 80.6 cm³/mol. The third-order valence-corrected chi connectivity index (χ3v) is 3.56. The molecule has 102 valence electrons. The van der Waals surface area contributed by atoms with Crippen molar-refractivity contribution in [3.05, 3.63) is 48.2 Å². The minimum atomic E-state index is 0.510. The molecular formula is C16H17N3O. The second-order valence-electron chi connectivity index (χ2n) is 4.74. The van der Waals surface area contributed by atoms with Crippen LogP contribution in [0.1, 0.15) is 5.56 Å². The molecule has 2 N–H and O–H groups in total. The molecule has 4 nitrogen and oxygen atoms in total. The normalized spacial score (nSPS) is 10.9. The first-order valence-electron chi connectivity index (χ1n) is 6.52. The molecule has 0 saturated heterocycles. The molecule has 0 spiro atoms. The summed E-state index contributed by atoms with van der Waals surface area (Å²) in [6.45, 7) is 0.510. The standard InChI is InChI=1S/C16H17N3O/c1-19-14(13-7-6-11(9-17)10-18-13)8-12-4-3-5-15(20-2)16(12)19/h3-8,10H,9,17H2,1-2H3. The van der Waals surface area contributed by atoms with Crippen molar-refractivity contribution in [1.29, 1.82) is 0 Å². The van der Waals surface area contributed by atoms with Gasteiger partial charge in [-0.05, 0) is 23.8 Å². The van der Waals surface area contributed by atoms with Gasteiger partial charge >= 0.3 is 0 Å². The molecule has 0 amide bonds. The van der Waals surface area contributed by atoms with Gasteiger partial charge in [0.05, 0.1) is 24.0 Å². The van der Waals surface area contributed by atoms with Gasteiger partial charge in [-0.25, -0.2) is 0 Å². The molecule has 2 aromatic heterocycles. The van der Waals surface area contributed by atoms with Crippen LogP contribution >= 0.6 is 0 Å². The Bertz CT molecular complexity index is 744. The first-order chi connectivity index (χ1) is 9.74. The summed E-state index contributed by atoms with van der Waals surface area (Å²) in [7, 11) is 3.72. The Hall–Kier alpha value is -2.33. The molecule has 0 bridgehead atoms. The lowest BCUT2D eigenvalue weighted by atomic mass is 10.2. The van der Waals surface area contributed by atoms with Crippen LogP contribution in [0.5, 0.6) is 5.75 Å². The third-order valence-electron chi connectivity index (χ3n) is 3.56. The van der Waals surface area contributed by atoms with Gasteiger partial charge in [0.15, 0.2) is 0 Å². The SMILES string of the molecule is COc1cccc2cc(-c3ccc(CN)cn3)n(C)c12. The molecule has 0 unspecified atom stereocenters. The molecule has 20 heavy (non-hydrogen) atoms. The summed E-state index contributed by atoms with van der Waals surface area (Å²) in [6.07, 6.45) is 1.82. The maximum atomic E-state index is 5.61. The molecule has 0 saturated carbocycles. The average molecular weight is 267 g/mol. The first kappa shape index (κ1) is 12.7. The Balaban J connectivity index is 2.18. The van der Waals surface area contributed by atoms with Crippen LogP contribution in [-0.4, -0.2) is 16.7 Å². The molecule has 3 aromatic rings. The van der Waals surface area contributed by atoms with Crippen LogP contribution in [-0.2, 0) is 13.6 Å². The molecule has 1 aromatic carbocycles. The Morgan fingerprint density at radius 3 is 2.75 bits per heavy atom. The lowest BCUT2D eigenvalue weighted by Crippen LogP contribution is -1.98. The fourth-order valence-electron chi connectivity index (χ4n) is 2.49. The van der Waals surface area contributed by atoms with Crippen LogP contribution in [0.2, 0.25) is 0 Å².